The summed E-state index contributed by atoms with van der Waals surface area (Å²) >= 11 is 0. The Balaban J connectivity index is 1.50. The molecule has 3 heterocycles. The Hall–Kier alpha value is -3.19. The summed E-state index contributed by atoms with van der Waals surface area (Å²) in [4.78, 5) is 31.1. The van der Waals surface area contributed by atoms with Gasteiger partial charge in [-0.15, -0.1) is 0 Å². The third-order valence-corrected chi connectivity index (χ3v) is 6.68. The lowest BCUT2D eigenvalue weighted by Crippen LogP contribution is -2.56. The molecule has 8 nitrogen and oxygen atoms in total. The number of anilines is 1. The Kier molecular flexibility index (Phi) is 6.73. The summed E-state index contributed by atoms with van der Waals surface area (Å²) in [5.41, 5.74) is 0.114. The molecule has 0 radical (unpaired) electrons. The van der Waals surface area contributed by atoms with Gasteiger partial charge in [0.2, 0.25) is 5.91 Å². The fraction of sp³-hybridized carbons (Fsp3) is 0.560. The van der Waals surface area contributed by atoms with Crippen molar-refractivity contribution in [1.29, 1.82) is 5.26 Å². The Morgan fingerprint density at radius 3 is 2.60 bits per heavy atom. The van der Waals surface area contributed by atoms with Crippen molar-refractivity contribution in [2.75, 3.05) is 24.5 Å². The van der Waals surface area contributed by atoms with Gasteiger partial charge >= 0.3 is 6.09 Å². The number of nitrogens with one attached hydrogen (secondary N) is 1. The van der Waals surface area contributed by atoms with Gasteiger partial charge in [0.25, 0.3) is 0 Å². The van der Waals surface area contributed by atoms with Crippen LogP contribution in [-0.4, -0.2) is 71.2 Å². The summed E-state index contributed by atoms with van der Waals surface area (Å²) < 4.78 is 33.0. The summed E-state index contributed by atoms with van der Waals surface area (Å²) in [7, 11) is 0. The van der Waals surface area contributed by atoms with Crippen molar-refractivity contribution in [3.05, 3.63) is 42.1 Å². The molecule has 1 N–H and O–H groups in total. The van der Waals surface area contributed by atoms with Crippen LogP contribution in [0.15, 0.2) is 30.5 Å². The Bertz CT molecular complexity index is 1050. The highest BCUT2D eigenvalue weighted by molar-refractivity contribution is 6.01. The van der Waals surface area contributed by atoms with Crippen molar-refractivity contribution < 1.29 is 23.1 Å². The van der Waals surface area contributed by atoms with Crippen LogP contribution in [0.1, 0.15) is 40.0 Å². The van der Waals surface area contributed by atoms with Gasteiger partial charge in [0.1, 0.15) is 23.3 Å². The van der Waals surface area contributed by atoms with Crippen LogP contribution in [-0.2, 0) is 9.53 Å². The van der Waals surface area contributed by atoms with Crippen LogP contribution in [0.25, 0.3) is 0 Å². The average molecular weight is 488 g/mol. The first-order chi connectivity index (χ1) is 16.5. The second-order valence-corrected chi connectivity index (χ2v) is 10.4. The monoisotopic (exact) mass is 487 g/mol. The number of hydrogen-bond acceptors (Lipinski definition) is 6. The molecule has 4 atom stereocenters. The van der Waals surface area contributed by atoms with E-state index < -0.39 is 35.4 Å². The average Bonchev–Trinajstić information content (AvgIpc) is 3.44. The Morgan fingerprint density at radius 2 is 2.00 bits per heavy atom. The molecule has 10 heteroatoms. The van der Waals surface area contributed by atoms with Crippen LogP contribution in [0, 0.1) is 23.0 Å². The second-order valence-electron chi connectivity index (χ2n) is 10.4. The Labute approximate surface area is 204 Å². The zero-order valence-corrected chi connectivity index (χ0v) is 20.3. The molecule has 1 aromatic carbocycles. The molecule has 0 aliphatic carbocycles. The molecule has 35 heavy (non-hydrogen) atoms. The topological polar surface area (TPSA) is 88.9 Å². The van der Waals surface area contributed by atoms with Crippen LogP contribution in [0.3, 0.4) is 0 Å². The van der Waals surface area contributed by atoms with E-state index in [0.717, 1.165) is 31.0 Å². The quantitative estimate of drug-likeness (QED) is 0.663. The molecule has 2 amide bonds. The smallest absolute Gasteiger partial charge is 0.408 e. The number of benzene rings is 1. The highest BCUT2D eigenvalue weighted by Crippen LogP contribution is 2.37. The van der Waals surface area contributed by atoms with Gasteiger partial charge in [0.15, 0.2) is 0 Å². The van der Waals surface area contributed by atoms with Gasteiger partial charge in [0, 0.05) is 37.1 Å². The van der Waals surface area contributed by atoms with E-state index >= 15 is 0 Å². The van der Waals surface area contributed by atoms with E-state index in [0.29, 0.717) is 31.8 Å². The van der Waals surface area contributed by atoms with Crippen molar-refractivity contribution in [1.82, 2.24) is 15.1 Å². The molecule has 3 aliphatic rings. The number of fused-ring (bicyclic) bond motifs is 2. The van der Waals surface area contributed by atoms with Crippen LogP contribution >= 0.6 is 0 Å². The van der Waals surface area contributed by atoms with Crippen molar-refractivity contribution in [3.8, 4) is 6.07 Å². The normalized spacial score (nSPS) is 25.0. The molecule has 3 aliphatic heterocycles. The SMILES string of the molecule is C=C(C(CN1C[C@@H]2CC1C(=O)N2c1cc(F)cc(F)c1)NC(=O)OC(C)(C)C)N1CCCC1C#N. The van der Waals surface area contributed by atoms with E-state index in [2.05, 4.69) is 18.0 Å². The number of nitriles is 1. The zero-order valence-electron chi connectivity index (χ0n) is 20.3. The molecular weight excluding hydrogens is 456 g/mol. The third kappa shape index (κ3) is 5.25. The van der Waals surface area contributed by atoms with Gasteiger partial charge in [-0.2, -0.15) is 5.26 Å². The van der Waals surface area contributed by atoms with E-state index in [-0.39, 0.29) is 23.7 Å². The predicted octanol–water partition coefficient (Wildman–Crippen LogP) is 3.15. The largest absolute Gasteiger partial charge is 0.444 e. The van der Waals surface area contributed by atoms with Gasteiger partial charge in [-0.25, -0.2) is 13.6 Å². The minimum atomic E-state index is -0.733. The molecule has 3 saturated heterocycles. The number of ether oxygens (including phenoxy) is 1. The first-order valence-corrected chi connectivity index (χ1v) is 11.8. The highest BCUT2D eigenvalue weighted by atomic mass is 19.1. The molecule has 3 fully saturated rings. The standard InChI is InChI=1S/C25H31F2N5O3/c1-15(31-7-5-6-18(31)12-28)21(29-24(34)35-25(2,3)4)14-30-13-20-11-22(30)23(33)32(20)19-9-16(26)8-17(27)10-19/h8-10,18,20-22H,1,5-7,11,13-14H2,2-4H3,(H,29,34)/t18?,20-,21?,22?/m0/s1. The van der Waals surface area contributed by atoms with Crippen molar-refractivity contribution in [2.45, 2.75) is 69.8 Å². The maximum absolute atomic E-state index is 13.8. The number of nitrogens with zero attached hydrogens (tertiary/aromatic N) is 4. The molecule has 0 spiro atoms. The summed E-state index contributed by atoms with van der Waals surface area (Å²) in [6.45, 7) is 10.9. The van der Waals surface area contributed by atoms with Crippen molar-refractivity contribution in [3.63, 3.8) is 0 Å². The lowest BCUT2D eigenvalue weighted by molar-refractivity contribution is -0.122. The van der Waals surface area contributed by atoms with Crippen molar-refractivity contribution >= 4 is 17.7 Å². The fourth-order valence-corrected chi connectivity index (χ4v) is 5.25. The summed E-state index contributed by atoms with van der Waals surface area (Å²) in [5, 5.41) is 12.4. The summed E-state index contributed by atoms with van der Waals surface area (Å²) in [6, 6.07) is 3.78. The van der Waals surface area contributed by atoms with Crippen LogP contribution < -0.4 is 10.2 Å². The summed E-state index contributed by atoms with van der Waals surface area (Å²) in [6.07, 6.45) is 1.49. The fourth-order valence-electron chi connectivity index (χ4n) is 5.25. The second kappa shape index (κ2) is 9.46. The van der Waals surface area contributed by atoms with Crippen molar-refractivity contribution in [2.24, 2.45) is 0 Å². The van der Waals surface area contributed by atoms with Gasteiger partial charge < -0.3 is 19.9 Å². The molecule has 3 unspecified atom stereocenters. The molecule has 1 aromatic rings. The number of carbonyl (C=O) groups excluding carboxylic acids is 2. The molecular formula is C25H31F2N5O3. The zero-order chi connectivity index (χ0) is 25.5. The minimum absolute atomic E-state index is 0.210. The minimum Gasteiger partial charge on any atom is -0.444 e. The number of carbonyl (C=O) groups is 2. The number of hydrogen-bond donors (Lipinski definition) is 1. The first kappa shape index (κ1) is 24.9. The molecule has 188 valence electrons. The number of amides is 2. The maximum Gasteiger partial charge on any atom is 0.408 e. The molecule has 0 aromatic heterocycles. The van der Waals surface area contributed by atoms with Gasteiger partial charge in [0.05, 0.1) is 24.2 Å². The number of piperazine rings is 1. The van der Waals surface area contributed by atoms with Crippen LogP contribution in [0.2, 0.25) is 0 Å². The van der Waals surface area contributed by atoms with Gasteiger partial charge in [-0.1, -0.05) is 6.58 Å². The number of alkyl carbamates (subject to hydrolysis) is 1. The molecule has 2 bridgehead atoms. The first-order valence-electron chi connectivity index (χ1n) is 11.8. The van der Waals surface area contributed by atoms with E-state index in [4.69, 9.17) is 4.74 Å². The number of halogens is 2. The van der Waals surface area contributed by atoms with E-state index in [1.807, 2.05) is 9.80 Å². The summed E-state index contributed by atoms with van der Waals surface area (Å²) in [5.74, 6) is -1.70. The highest BCUT2D eigenvalue weighted by Gasteiger charge is 2.51. The van der Waals surface area contributed by atoms with E-state index in [1.165, 1.54) is 4.90 Å². The van der Waals surface area contributed by atoms with Gasteiger partial charge in [-0.3, -0.25) is 9.69 Å². The van der Waals surface area contributed by atoms with Crippen LogP contribution in [0.4, 0.5) is 19.3 Å². The lowest BCUT2D eigenvalue weighted by Gasteiger charge is -2.38. The Morgan fingerprint density at radius 1 is 1.31 bits per heavy atom. The third-order valence-electron chi connectivity index (χ3n) is 6.68. The molecule has 4 rings (SSSR count). The maximum atomic E-state index is 13.8. The van der Waals surface area contributed by atoms with E-state index in [1.54, 1.807) is 20.8 Å². The number of likely N-dealkylation sites (tertiary alicyclic amines) is 2. The molecule has 0 saturated carbocycles. The number of rotatable bonds is 6. The van der Waals surface area contributed by atoms with E-state index in [9.17, 15) is 23.6 Å². The lowest BCUT2D eigenvalue weighted by atomic mass is 10.1. The predicted molar refractivity (Wildman–Crippen MR) is 125 cm³/mol. The van der Waals surface area contributed by atoms with Gasteiger partial charge in [-0.05, 0) is 52.2 Å². The van der Waals surface area contributed by atoms with Crippen LogP contribution in [0.5, 0.6) is 0 Å².